The van der Waals surface area contributed by atoms with Crippen molar-refractivity contribution < 1.29 is 9.59 Å². The summed E-state index contributed by atoms with van der Waals surface area (Å²) in [4.78, 5) is 30.1. The summed E-state index contributed by atoms with van der Waals surface area (Å²) in [5, 5.41) is 1.21. The molecule has 4 rings (SSSR count). The van der Waals surface area contributed by atoms with Crippen LogP contribution < -0.4 is 5.43 Å². The van der Waals surface area contributed by atoms with E-state index in [1.54, 1.807) is 30.3 Å². The molecular weight excluding hydrogens is 350 g/mol. The zero-order valence-electron chi connectivity index (χ0n) is 14.9. The Hall–Kier alpha value is -3.99. The summed E-state index contributed by atoms with van der Waals surface area (Å²) in [5.41, 5.74) is 5.00. The Morgan fingerprint density at radius 2 is 1.39 bits per heavy atom. The van der Waals surface area contributed by atoms with Crippen LogP contribution >= 0.6 is 0 Å². The molecule has 5 heteroatoms. The Morgan fingerprint density at radius 3 is 2.04 bits per heavy atom. The highest BCUT2D eigenvalue weighted by Crippen LogP contribution is 2.21. The lowest BCUT2D eigenvalue weighted by Crippen LogP contribution is -2.47. The highest BCUT2D eigenvalue weighted by molar-refractivity contribution is 6.20. The number of aliphatic imine (C=N–C) groups is 1. The summed E-state index contributed by atoms with van der Waals surface area (Å²) < 4.78 is 0. The van der Waals surface area contributed by atoms with Gasteiger partial charge in [-0.25, -0.2) is 4.99 Å². The van der Waals surface area contributed by atoms with Gasteiger partial charge in [0.15, 0.2) is 5.84 Å². The zero-order valence-corrected chi connectivity index (χ0v) is 14.9. The molecule has 28 heavy (non-hydrogen) atoms. The third-order valence-electron chi connectivity index (χ3n) is 4.24. The van der Waals surface area contributed by atoms with E-state index in [1.165, 1.54) is 5.01 Å². The van der Waals surface area contributed by atoms with Gasteiger partial charge in [0.2, 0.25) is 0 Å². The Morgan fingerprint density at radius 1 is 0.821 bits per heavy atom. The molecule has 3 aromatic rings. The SMILES string of the molecule is O=C(NN1C(=O)/C(=C/c2ccccc2)N=C1c1ccccc1)c1ccccc1. The molecule has 0 fully saturated rings. The molecule has 0 unspecified atom stereocenters. The van der Waals surface area contributed by atoms with E-state index in [-0.39, 0.29) is 17.5 Å². The van der Waals surface area contributed by atoms with Crippen molar-refractivity contribution in [2.75, 3.05) is 0 Å². The van der Waals surface area contributed by atoms with E-state index in [2.05, 4.69) is 10.4 Å². The van der Waals surface area contributed by atoms with Crippen LogP contribution in [0.3, 0.4) is 0 Å². The predicted octanol–water partition coefficient (Wildman–Crippen LogP) is 3.66. The lowest BCUT2D eigenvalue weighted by molar-refractivity contribution is -0.124. The standard InChI is InChI=1S/C23H17N3O2/c27-22(19-14-8-3-9-15-19)25-26-21(18-12-6-2-7-13-18)24-20(23(26)28)16-17-10-4-1-5-11-17/h1-16H,(H,25,27)/b20-16-. The van der Waals surface area contributed by atoms with E-state index in [1.807, 2.05) is 66.7 Å². The van der Waals surface area contributed by atoms with Crippen molar-refractivity contribution in [2.24, 2.45) is 4.99 Å². The van der Waals surface area contributed by atoms with Crippen molar-refractivity contribution in [3.8, 4) is 0 Å². The summed E-state index contributed by atoms with van der Waals surface area (Å²) in [6, 6.07) is 27.5. The summed E-state index contributed by atoms with van der Waals surface area (Å²) in [6.07, 6.45) is 1.71. The van der Waals surface area contributed by atoms with Crippen LogP contribution in [0.1, 0.15) is 21.5 Å². The molecule has 136 valence electrons. The van der Waals surface area contributed by atoms with E-state index >= 15 is 0 Å². The second-order valence-electron chi connectivity index (χ2n) is 6.19. The van der Waals surface area contributed by atoms with Crippen molar-refractivity contribution >= 4 is 23.7 Å². The maximum Gasteiger partial charge on any atom is 0.297 e. The molecule has 1 heterocycles. The van der Waals surface area contributed by atoms with Crippen LogP contribution in [0.2, 0.25) is 0 Å². The van der Waals surface area contributed by atoms with Gasteiger partial charge < -0.3 is 0 Å². The van der Waals surface area contributed by atoms with Crippen LogP contribution in [-0.4, -0.2) is 22.7 Å². The molecule has 3 aromatic carbocycles. The zero-order chi connectivity index (χ0) is 19.3. The third kappa shape index (κ3) is 3.59. The number of benzene rings is 3. The van der Waals surface area contributed by atoms with Gasteiger partial charge >= 0.3 is 0 Å². The Balaban J connectivity index is 1.70. The minimum atomic E-state index is -0.382. The number of amides is 2. The lowest BCUT2D eigenvalue weighted by Gasteiger charge is -2.19. The lowest BCUT2D eigenvalue weighted by atomic mass is 10.2. The number of rotatable bonds is 4. The van der Waals surface area contributed by atoms with Gasteiger partial charge in [-0.05, 0) is 23.8 Å². The molecule has 0 aromatic heterocycles. The van der Waals surface area contributed by atoms with Gasteiger partial charge in [-0.2, -0.15) is 5.01 Å². The van der Waals surface area contributed by atoms with Gasteiger partial charge in [0.25, 0.3) is 11.8 Å². The Labute approximate surface area is 162 Å². The molecule has 0 saturated carbocycles. The first-order valence-electron chi connectivity index (χ1n) is 8.84. The molecule has 1 N–H and O–H groups in total. The Bertz CT molecular complexity index is 1060. The normalized spacial score (nSPS) is 14.9. The van der Waals surface area contributed by atoms with Crippen molar-refractivity contribution in [3.05, 3.63) is 113 Å². The third-order valence-corrected chi connectivity index (χ3v) is 4.24. The van der Waals surface area contributed by atoms with Crippen LogP contribution in [0.4, 0.5) is 0 Å². The van der Waals surface area contributed by atoms with Crippen molar-refractivity contribution in [1.82, 2.24) is 10.4 Å². The second kappa shape index (κ2) is 7.72. The van der Waals surface area contributed by atoms with Gasteiger partial charge in [-0.3, -0.25) is 15.0 Å². The summed E-state index contributed by atoms with van der Waals surface area (Å²) in [7, 11) is 0. The highest BCUT2D eigenvalue weighted by Gasteiger charge is 2.32. The van der Waals surface area contributed by atoms with E-state index < -0.39 is 0 Å². The first-order valence-corrected chi connectivity index (χ1v) is 8.84. The Kier molecular flexibility index (Phi) is 4.80. The number of hydrogen-bond acceptors (Lipinski definition) is 3. The first-order chi connectivity index (χ1) is 13.7. The summed E-state index contributed by atoms with van der Waals surface area (Å²) in [6.45, 7) is 0. The molecule has 2 amide bonds. The second-order valence-corrected chi connectivity index (χ2v) is 6.19. The molecule has 0 atom stereocenters. The highest BCUT2D eigenvalue weighted by atomic mass is 16.2. The largest absolute Gasteiger partial charge is 0.297 e. The van der Waals surface area contributed by atoms with Crippen LogP contribution in [0.15, 0.2) is 102 Å². The van der Waals surface area contributed by atoms with E-state index in [9.17, 15) is 9.59 Å². The average molecular weight is 367 g/mol. The number of nitrogens with one attached hydrogen (secondary N) is 1. The van der Waals surface area contributed by atoms with Gasteiger partial charge in [0, 0.05) is 11.1 Å². The molecule has 0 radical (unpaired) electrons. The maximum atomic E-state index is 13.0. The molecule has 1 aliphatic rings. The molecule has 0 spiro atoms. The van der Waals surface area contributed by atoms with E-state index in [4.69, 9.17) is 0 Å². The topological polar surface area (TPSA) is 61.8 Å². The summed E-state index contributed by atoms with van der Waals surface area (Å²) >= 11 is 0. The fraction of sp³-hybridized carbons (Fsp3) is 0. The number of carbonyl (C=O) groups excluding carboxylic acids is 2. The molecular formula is C23H17N3O2. The monoisotopic (exact) mass is 367 g/mol. The number of hydrazine groups is 1. The molecule has 1 aliphatic heterocycles. The number of nitrogens with zero attached hydrogens (tertiary/aromatic N) is 2. The van der Waals surface area contributed by atoms with Crippen LogP contribution in [0.5, 0.6) is 0 Å². The molecule has 5 nitrogen and oxygen atoms in total. The fourth-order valence-corrected chi connectivity index (χ4v) is 2.86. The fourth-order valence-electron chi connectivity index (χ4n) is 2.86. The smallest absolute Gasteiger partial charge is 0.267 e. The molecule has 0 aliphatic carbocycles. The number of hydrogen-bond donors (Lipinski definition) is 1. The number of amidine groups is 1. The van der Waals surface area contributed by atoms with Crippen LogP contribution in [0, 0.1) is 0 Å². The summed E-state index contributed by atoms with van der Waals surface area (Å²) in [5.74, 6) is -0.373. The van der Waals surface area contributed by atoms with Gasteiger partial charge in [-0.15, -0.1) is 0 Å². The van der Waals surface area contributed by atoms with Crippen molar-refractivity contribution in [2.45, 2.75) is 0 Å². The molecule has 0 saturated heterocycles. The number of carbonyl (C=O) groups is 2. The predicted molar refractivity (Wildman–Crippen MR) is 108 cm³/mol. The average Bonchev–Trinajstić information content (AvgIpc) is 3.05. The van der Waals surface area contributed by atoms with Gasteiger partial charge in [0.1, 0.15) is 5.70 Å². The van der Waals surface area contributed by atoms with E-state index in [0.29, 0.717) is 11.4 Å². The van der Waals surface area contributed by atoms with Gasteiger partial charge in [-0.1, -0.05) is 78.9 Å². The quantitative estimate of drug-likeness (QED) is 0.716. The maximum absolute atomic E-state index is 13.0. The first kappa shape index (κ1) is 17.4. The van der Waals surface area contributed by atoms with Crippen LogP contribution in [0.25, 0.3) is 6.08 Å². The van der Waals surface area contributed by atoms with Gasteiger partial charge in [0.05, 0.1) is 0 Å². The minimum Gasteiger partial charge on any atom is -0.267 e. The van der Waals surface area contributed by atoms with Crippen molar-refractivity contribution in [1.29, 1.82) is 0 Å². The van der Waals surface area contributed by atoms with E-state index in [0.717, 1.165) is 11.1 Å². The van der Waals surface area contributed by atoms with Crippen molar-refractivity contribution in [3.63, 3.8) is 0 Å². The van der Waals surface area contributed by atoms with Crippen LogP contribution in [-0.2, 0) is 4.79 Å². The minimum absolute atomic E-state index is 0.262. The molecule has 0 bridgehead atoms.